The van der Waals surface area contributed by atoms with Crippen LogP contribution in [0, 0.1) is 5.82 Å². The number of carbonyl (C=O) groups excluding carboxylic acids is 1. The highest BCUT2D eigenvalue weighted by Gasteiger charge is 2.10. The van der Waals surface area contributed by atoms with Crippen molar-refractivity contribution >= 4 is 23.3 Å². The Balaban J connectivity index is 1.48. The molecule has 1 aromatic heterocycles. The fraction of sp³-hybridized carbons (Fsp3) is 0.136. The van der Waals surface area contributed by atoms with Crippen LogP contribution in [0.15, 0.2) is 72.0 Å². The first-order valence-electron chi connectivity index (χ1n) is 9.31. The quantitative estimate of drug-likeness (QED) is 0.310. The SMILES string of the molecule is CC(NC(=O)CO/N=C(/N)c1ccc(Oc2ccc(F)cc2)nc1)c1ccc(Cl)cc1. The molecule has 9 heteroatoms. The minimum absolute atomic E-state index is 0.0550. The van der Waals surface area contributed by atoms with E-state index in [9.17, 15) is 9.18 Å². The molecule has 0 aliphatic rings. The van der Waals surface area contributed by atoms with E-state index in [-0.39, 0.29) is 30.2 Å². The van der Waals surface area contributed by atoms with Gasteiger partial charge in [0, 0.05) is 22.8 Å². The molecule has 1 amide bonds. The van der Waals surface area contributed by atoms with Gasteiger partial charge in [0.15, 0.2) is 12.4 Å². The van der Waals surface area contributed by atoms with Gasteiger partial charge >= 0.3 is 0 Å². The number of benzene rings is 2. The first-order chi connectivity index (χ1) is 14.9. The smallest absolute Gasteiger partial charge is 0.261 e. The van der Waals surface area contributed by atoms with Crippen molar-refractivity contribution in [3.05, 3.63) is 88.8 Å². The summed E-state index contributed by atoms with van der Waals surface area (Å²) in [6.45, 7) is 1.55. The fourth-order valence-electron chi connectivity index (χ4n) is 2.55. The predicted octanol–water partition coefficient (Wildman–Crippen LogP) is 4.18. The van der Waals surface area contributed by atoms with E-state index in [4.69, 9.17) is 26.9 Å². The summed E-state index contributed by atoms with van der Waals surface area (Å²) >= 11 is 5.86. The van der Waals surface area contributed by atoms with Gasteiger partial charge in [0.05, 0.1) is 6.04 Å². The molecule has 31 heavy (non-hydrogen) atoms. The molecule has 1 heterocycles. The normalized spacial score (nSPS) is 12.2. The van der Waals surface area contributed by atoms with Gasteiger partial charge in [-0.2, -0.15) is 0 Å². The molecule has 0 radical (unpaired) electrons. The van der Waals surface area contributed by atoms with Crippen molar-refractivity contribution in [2.45, 2.75) is 13.0 Å². The number of amides is 1. The number of pyridine rings is 1. The summed E-state index contributed by atoms with van der Waals surface area (Å²) in [7, 11) is 0. The van der Waals surface area contributed by atoms with E-state index in [0.29, 0.717) is 22.2 Å². The number of nitrogens with one attached hydrogen (secondary N) is 1. The van der Waals surface area contributed by atoms with Crippen molar-refractivity contribution in [1.29, 1.82) is 0 Å². The van der Waals surface area contributed by atoms with Crippen molar-refractivity contribution in [1.82, 2.24) is 10.3 Å². The van der Waals surface area contributed by atoms with Gasteiger partial charge < -0.3 is 20.6 Å². The van der Waals surface area contributed by atoms with Crippen LogP contribution >= 0.6 is 11.6 Å². The monoisotopic (exact) mass is 442 g/mol. The van der Waals surface area contributed by atoms with Gasteiger partial charge in [-0.3, -0.25) is 4.79 Å². The molecule has 1 unspecified atom stereocenters. The molecule has 3 N–H and O–H groups in total. The maximum Gasteiger partial charge on any atom is 0.261 e. The van der Waals surface area contributed by atoms with Crippen molar-refractivity contribution < 1.29 is 18.8 Å². The van der Waals surface area contributed by atoms with E-state index in [1.54, 1.807) is 24.3 Å². The first-order valence-corrected chi connectivity index (χ1v) is 9.68. The van der Waals surface area contributed by atoms with Gasteiger partial charge in [-0.25, -0.2) is 9.37 Å². The van der Waals surface area contributed by atoms with Crippen LogP contribution in [0.3, 0.4) is 0 Å². The van der Waals surface area contributed by atoms with Crippen LogP contribution in [-0.4, -0.2) is 23.3 Å². The first kappa shape index (κ1) is 22.0. The second-order valence-corrected chi connectivity index (χ2v) is 6.97. The van der Waals surface area contributed by atoms with E-state index < -0.39 is 0 Å². The average Bonchev–Trinajstić information content (AvgIpc) is 2.76. The Labute approximate surface area is 183 Å². The molecule has 0 bridgehead atoms. The summed E-state index contributed by atoms with van der Waals surface area (Å²) in [5, 5.41) is 7.16. The number of oxime groups is 1. The summed E-state index contributed by atoms with van der Waals surface area (Å²) in [4.78, 5) is 21.2. The number of amidine groups is 1. The van der Waals surface area contributed by atoms with Gasteiger partial charge in [-0.15, -0.1) is 0 Å². The molecule has 0 saturated carbocycles. The molecule has 3 rings (SSSR count). The minimum Gasteiger partial charge on any atom is -0.439 e. The number of aromatic nitrogens is 1. The van der Waals surface area contributed by atoms with Gasteiger partial charge in [-0.05, 0) is 55.0 Å². The third kappa shape index (κ3) is 6.68. The van der Waals surface area contributed by atoms with E-state index >= 15 is 0 Å². The summed E-state index contributed by atoms with van der Waals surface area (Å²) < 4.78 is 18.4. The summed E-state index contributed by atoms with van der Waals surface area (Å²) in [5.41, 5.74) is 7.26. The maximum absolute atomic E-state index is 12.9. The number of nitrogens with two attached hydrogens (primary N) is 1. The molecule has 0 fully saturated rings. The second kappa shape index (κ2) is 10.4. The minimum atomic E-state index is -0.354. The summed E-state index contributed by atoms with van der Waals surface area (Å²) in [6, 6.07) is 15.7. The van der Waals surface area contributed by atoms with Crippen LogP contribution in [-0.2, 0) is 9.63 Å². The Morgan fingerprint density at radius 3 is 2.52 bits per heavy atom. The molecule has 0 aliphatic carbocycles. The van der Waals surface area contributed by atoms with Crippen molar-refractivity contribution in [3.63, 3.8) is 0 Å². The lowest BCUT2D eigenvalue weighted by molar-refractivity contribution is -0.126. The highest BCUT2D eigenvalue weighted by Crippen LogP contribution is 2.19. The number of nitrogens with zero attached hydrogens (tertiary/aromatic N) is 2. The Hall–Kier alpha value is -3.65. The van der Waals surface area contributed by atoms with Crippen LogP contribution in [0.1, 0.15) is 24.1 Å². The zero-order valence-electron chi connectivity index (χ0n) is 16.6. The fourth-order valence-corrected chi connectivity index (χ4v) is 2.67. The van der Waals surface area contributed by atoms with Crippen molar-refractivity contribution in [2.75, 3.05) is 6.61 Å². The van der Waals surface area contributed by atoms with Crippen LogP contribution in [0.2, 0.25) is 5.02 Å². The second-order valence-electron chi connectivity index (χ2n) is 6.53. The van der Waals surface area contributed by atoms with Crippen molar-refractivity contribution in [3.8, 4) is 11.6 Å². The van der Waals surface area contributed by atoms with E-state index in [1.807, 2.05) is 19.1 Å². The third-order valence-corrected chi connectivity index (χ3v) is 4.43. The van der Waals surface area contributed by atoms with Gasteiger partial charge in [-0.1, -0.05) is 28.9 Å². The molecular formula is C22H20ClFN4O3. The number of halogens is 2. The third-order valence-electron chi connectivity index (χ3n) is 4.17. The largest absolute Gasteiger partial charge is 0.439 e. The van der Waals surface area contributed by atoms with Crippen LogP contribution in [0.5, 0.6) is 11.6 Å². The molecule has 0 spiro atoms. The lowest BCUT2D eigenvalue weighted by Crippen LogP contribution is -2.30. The topological polar surface area (TPSA) is 98.8 Å². The van der Waals surface area contributed by atoms with Crippen LogP contribution in [0.25, 0.3) is 0 Å². The van der Waals surface area contributed by atoms with Gasteiger partial charge in [0.25, 0.3) is 5.91 Å². The summed E-state index contributed by atoms with van der Waals surface area (Å²) in [6.07, 6.45) is 1.45. The molecule has 1 atom stereocenters. The Morgan fingerprint density at radius 2 is 1.87 bits per heavy atom. The number of ether oxygens (including phenoxy) is 1. The molecule has 0 aliphatic heterocycles. The highest BCUT2D eigenvalue weighted by molar-refractivity contribution is 6.30. The highest BCUT2D eigenvalue weighted by atomic mass is 35.5. The van der Waals surface area contributed by atoms with E-state index in [1.165, 1.54) is 30.5 Å². The van der Waals surface area contributed by atoms with Crippen molar-refractivity contribution in [2.24, 2.45) is 10.9 Å². The van der Waals surface area contributed by atoms with E-state index in [0.717, 1.165) is 5.56 Å². The molecule has 2 aromatic carbocycles. The number of carbonyl (C=O) groups is 1. The van der Waals surface area contributed by atoms with Gasteiger partial charge in [0.2, 0.25) is 5.88 Å². The maximum atomic E-state index is 12.9. The Morgan fingerprint density at radius 1 is 1.16 bits per heavy atom. The van der Waals surface area contributed by atoms with Crippen LogP contribution < -0.4 is 15.8 Å². The van der Waals surface area contributed by atoms with Gasteiger partial charge in [0.1, 0.15) is 11.6 Å². The Kier molecular flexibility index (Phi) is 7.40. The Bertz CT molecular complexity index is 1040. The number of hydrogen-bond donors (Lipinski definition) is 2. The molecule has 7 nitrogen and oxygen atoms in total. The number of hydrogen-bond acceptors (Lipinski definition) is 5. The standard InChI is InChI=1S/C22H20ClFN4O3/c1-14(15-2-5-17(23)6-3-15)27-20(29)13-30-28-22(25)16-4-11-21(26-12-16)31-19-9-7-18(24)8-10-19/h2-12,14H,13H2,1H3,(H2,25,28)(H,27,29). The lowest BCUT2D eigenvalue weighted by atomic mass is 10.1. The van der Waals surface area contributed by atoms with E-state index in [2.05, 4.69) is 15.5 Å². The average molecular weight is 443 g/mol. The zero-order chi connectivity index (χ0) is 22.2. The molecular weight excluding hydrogens is 423 g/mol. The summed E-state index contributed by atoms with van der Waals surface area (Å²) in [5.74, 6) is 0.109. The molecule has 3 aromatic rings. The number of rotatable bonds is 8. The van der Waals surface area contributed by atoms with Crippen LogP contribution in [0.4, 0.5) is 4.39 Å². The lowest BCUT2D eigenvalue weighted by Gasteiger charge is -2.14. The zero-order valence-corrected chi connectivity index (χ0v) is 17.3. The molecule has 0 saturated heterocycles. The molecule has 160 valence electrons. The predicted molar refractivity (Wildman–Crippen MR) is 115 cm³/mol.